The molecule has 2 rings (SSSR count). The van der Waals surface area contributed by atoms with Gasteiger partial charge >= 0.3 is 0 Å². The first-order valence-corrected chi connectivity index (χ1v) is 7.31. The zero-order valence-corrected chi connectivity index (χ0v) is 10.8. The van der Waals surface area contributed by atoms with Crippen LogP contribution in [0.15, 0.2) is 24.0 Å². The van der Waals surface area contributed by atoms with E-state index in [-0.39, 0.29) is 35.7 Å². The third-order valence-corrected chi connectivity index (χ3v) is 3.96. The third-order valence-electron chi connectivity index (χ3n) is 3.15. The summed E-state index contributed by atoms with van der Waals surface area (Å²) in [6, 6.07) is 4.62. The van der Waals surface area contributed by atoms with Crippen LogP contribution in [0.5, 0.6) is 5.75 Å². The zero-order valence-electron chi connectivity index (χ0n) is 9.94. The first kappa shape index (κ1) is 13.7. The molecule has 1 aromatic rings. The van der Waals surface area contributed by atoms with Crippen LogP contribution >= 0.6 is 0 Å². The Hall–Kier alpha value is -1.73. The van der Waals surface area contributed by atoms with E-state index in [4.69, 9.17) is 4.55 Å². The highest BCUT2D eigenvalue weighted by Crippen LogP contribution is 2.45. The predicted octanol–water partition coefficient (Wildman–Crippen LogP) is 1.94. The molecule has 1 aromatic carbocycles. The molecule has 1 unspecified atom stereocenters. The van der Waals surface area contributed by atoms with Gasteiger partial charge in [0.05, 0.1) is 11.3 Å². The molecule has 19 heavy (non-hydrogen) atoms. The molecule has 0 amide bonds. The van der Waals surface area contributed by atoms with Gasteiger partial charge in [0.15, 0.2) is 5.76 Å². The largest absolute Gasteiger partial charge is 0.508 e. The highest BCUT2D eigenvalue weighted by Gasteiger charge is 2.33. The van der Waals surface area contributed by atoms with E-state index in [9.17, 15) is 23.7 Å². The van der Waals surface area contributed by atoms with Crippen LogP contribution in [-0.2, 0) is 10.1 Å². The molecule has 7 heteroatoms. The smallest absolute Gasteiger partial charge is 0.264 e. The van der Waals surface area contributed by atoms with E-state index in [2.05, 4.69) is 0 Å². The number of hydrogen-bond donors (Lipinski definition) is 4. The van der Waals surface area contributed by atoms with Crippen LogP contribution in [0.3, 0.4) is 0 Å². The van der Waals surface area contributed by atoms with Crippen molar-refractivity contribution < 1.29 is 28.3 Å². The number of aliphatic hydroxyl groups is 2. The van der Waals surface area contributed by atoms with Crippen LogP contribution in [0.1, 0.15) is 29.9 Å². The summed E-state index contributed by atoms with van der Waals surface area (Å²) in [5, 5.41) is 29.3. The summed E-state index contributed by atoms with van der Waals surface area (Å²) in [6.07, 6.45) is 0.377. The van der Waals surface area contributed by atoms with Crippen molar-refractivity contribution in [2.45, 2.75) is 18.8 Å². The fraction of sp³-hybridized carbons (Fsp3) is 0.333. The van der Waals surface area contributed by atoms with Gasteiger partial charge < -0.3 is 15.3 Å². The molecular formula is C12H14O6S. The summed E-state index contributed by atoms with van der Waals surface area (Å²) in [5.74, 6) is -1.79. The molecule has 1 aliphatic carbocycles. The van der Waals surface area contributed by atoms with E-state index >= 15 is 0 Å². The Labute approximate surface area is 110 Å². The minimum Gasteiger partial charge on any atom is -0.508 e. The van der Waals surface area contributed by atoms with Gasteiger partial charge in [0.1, 0.15) is 11.5 Å². The number of aromatic hydroxyl groups is 1. The Morgan fingerprint density at radius 2 is 1.84 bits per heavy atom. The highest BCUT2D eigenvalue weighted by molar-refractivity contribution is 7.85. The van der Waals surface area contributed by atoms with Crippen molar-refractivity contribution in [1.82, 2.24) is 0 Å². The van der Waals surface area contributed by atoms with E-state index in [0.717, 1.165) is 0 Å². The van der Waals surface area contributed by atoms with Gasteiger partial charge in [0.25, 0.3) is 10.1 Å². The van der Waals surface area contributed by atoms with Gasteiger partial charge in [-0.1, -0.05) is 12.1 Å². The standard InChI is InChI=1S/C12H14O6S/c13-9-5-1-3-7-8(4-2-6-19(16,17)18)11(14)12(15)10(7)9/h1,3,5,8,13-15H,2,4,6H2,(H,16,17,18). The fourth-order valence-electron chi connectivity index (χ4n) is 2.31. The van der Waals surface area contributed by atoms with E-state index in [1.54, 1.807) is 12.1 Å². The molecule has 1 aliphatic rings. The lowest BCUT2D eigenvalue weighted by Crippen LogP contribution is -2.07. The Balaban J connectivity index is 2.23. The minimum absolute atomic E-state index is 0.135. The maximum absolute atomic E-state index is 10.6. The number of allylic oxidation sites excluding steroid dienone is 1. The number of benzene rings is 1. The summed E-state index contributed by atoms with van der Waals surface area (Å²) in [5.41, 5.74) is 0.724. The molecule has 6 nitrogen and oxygen atoms in total. The van der Waals surface area contributed by atoms with Crippen molar-refractivity contribution in [2.24, 2.45) is 0 Å². The Kier molecular flexibility index (Phi) is 3.42. The van der Waals surface area contributed by atoms with Gasteiger partial charge in [-0.05, 0) is 24.5 Å². The Morgan fingerprint density at radius 1 is 1.16 bits per heavy atom. The molecule has 0 aliphatic heterocycles. The first-order chi connectivity index (χ1) is 8.81. The van der Waals surface area contributed by atoms with E-state index in [0.29, 0.717) is 5.56 Å². The maximum atomic E-state index is 10.6. The lowest BCUT2D eigenvalue weighted by Gasteiger charge is -2.11. The SMILES string of the molecule is O=S(=O)(O)CCCC1C(O)=C(O)c2c(O)cccc21. The summed E-state index contributed by atoms with van der Waals surface area (Å²) < 4.78 is 29.9. The van der Waals surface area contributed by atoms with Gasteiger partial charge in [0, 0.05) is 5.92 Å². The molecule has 4 N–H and O–H groups in total. The monoisotopic (exact) mass is 286 g/mol. The molecule has 0 aromatic heterocycles. The van der Waals surface area contributed by atoms with Crippen LogP contribution in [0.25, 0.3) is 5.76 Å². The molecule has 0 saturated heterocycles. The molecule has 0 saturated carbocycles. The lowest BCUT2D eigenvalue weighted by molar-refractivity contribution is 0.345. The molecule has 0 spiro atoms. The second-order valence-corrected chi connectivity index (χ2v) is 6.03. The van der Waals surface area contributed by atoms with Crippen LogP contribution in [-0.4, -0.2) is 34.0 Å². The predicted molar refractivity (Wildman–Crippen MR) is 68.7 cm³/mol. The van der Waals surface area contributed by atoms with Crippen LogP contribution in [0.4, 0.5) is 0 Å². The number of phenols is 1. The molecule has 0 bridgehead atoms. The van der Waals surface area contributed by atoms with Gasteiger partial charge in [-0.25, -0.2) is 0 Å². The lowest BCUT2D eigenvalue weighted by atomic mass is 9.95. The van der Waals surface area contributed by atoms with E-state index in [1.165, 1.54) is 6.07 Å². The number of hydrogen-bond acceptors (Lipinski definition) is 5. The highest BCUT2D eigenvalue weighted by atomic mass is 32.2. The minimum atomic E-state index is -4.04. The number of aliphatic hydroxyl groups excluding tert-OH is 2. The maximum Gasteiger partial charge on any atom is 0.264 e. The number of fused-ring (bicyclic) bond motifs is 1. The van der Waals surface area contributed by atoms with Crippen molar-refractivity contribution >= 4 is 15.9 Å². The molecule has 1 atom stereocenters. The molecule has 0 heterocycles. The second-order valence-electron chi connectivity index (χ2n) is 4.46. The van der Waals surface area contributed by atoms with E-state index in [1.807, 2.05) is 0 Å². The fourth-order valence-corrected chi connectivity index (χ4v) is 2.84. The third kappa shape index (κ3) is 2.66. The average Bonchev–Trinajstić information content (AvgIpc) is 2.54. The molecule has 0 fully saturated rings. The summed E-state index contributed by atoms with van der Waals surface area (Å²) in [7, 11) is -4.04. The van der Waals surface area contributed by atoms with Crippen molar-refractivity contribution in [2.75, 3.05) is 5.75 Å². The van der Waals surface area contributed by atoms with Gasteiger partial charge in [-0.3, -0.25) is 4.55 Å². The van der Waals surface area contributed by atoms with Gasteiger partial charge in [0.2, 0.25) is 0 Å². The molecular weight excluding hydrogens is 272 g/mol. The summed E-state index contributed by atoms with van der Waals surface area (Å²) in [6.45, 7) is 0. The Bertz CT molecular complexity index is 632. The van der Waals surface area contributed by atoms with Crippen LogP contribution < -0.4 is 0 Å². The van der Waals surface area contributed by atoms with Gasteiger partial charge in [-0.15, -0.1) is 0 Å². The number of phenolic OH excluding ortho intramolecular Hbond substituents is 1. The first-order valence-electron chi connectivity index (χ1n) is 5.71. The van der Waals surface area contributed by atoms with Gasteiger partial charge in [-0.2, -0.15) is 8.42 Å². The van der Waals surface area contributed by atoms with Crippen molar-refractivity contribution in [3.05, 3.63) is 35.1 Å². The molecule has 0 radical (unpaired) electrons. The van der Waals surface area contributed by atoms with E-state index < -0.39 is 21.8 Å². The zero-order chi connectivity index (χ0) is 14.2. The summed E-state index contributed by atoms with van der Waals surface area (Å²) >= 11 is 0. The summed E-state index contributed by atoms with van der Waals surface area (Å²) in [4.78, 5) is 0. The topological polar surface area (TPSA) is 115 Å². The molecule has 104 valence electrons. The average molecular weight is 286 g/mol. The van der Waals surface area contributed by atoms with Crippen LogP contribution in [0, 0.1) is 0 Å². The van der Waals surface area contributed by atoms with Crippen molar-refractivity contribution in [1.29, 1.82) is 0 Å². The second kappa shape index (κ2) is 4.75. The van der Waals surface area contributed by atoms with Crippen LogP contribution in [0.2, 0.25) is 0 Å². The van der Waals surface area contributed by atoms with Crippen molar-refractivity contribution in [3.8, 4) is 5.75 Å². The number of rotatable bonds is 4. The normalized spacial score (nSPS) is 18.7. The van der Waals surface area contributed by atoms with Crippen molar-refractivity contribution in [3.63, 3.8) is 0 Å². The Morgan fingerprint density at radius 3 is 2.47 bits per heavy atom. The quantitative estimate of drug-likeness (QED) is 0.629.